The molecule has 0 spiro atoms. The maximum Gasteiger partial charge on any atom is 0.247 e. The summed E-state index contributed by atoms with van der Waals surface area (Å²) in [5.41, 5.74) is 4.52. The molecule has 1 nitrogen and oxygen atoms in total. The highest BCUT2D eigenvalue weighted by atomic mass is 19.1. The van der Waals surface area contributed by atoms with Gasteiger partial charge in [0.1, 0.15) is 5.82 Å². The summed E-state index contributed by atoms with van der Waals surface area (Å²) in [6.45, 7) is -0.266. The van der Waals surface area contributed by atoms with Gasteiger partial charge in [0.15, 0.2) is 0 Å². The molecule has 4 aromatic rings. The van der Waals surface area contributed by atoms with Gasteiger partial charge in [-0.15, -0.1) is 0 Å². The molecular formula is C25H19BFN. The van der Waals surface area contributed by atoms with Gasteiger partial charge in [0, 0.05) is 6.20 Å². The quantitative estimate of drug-likeness (QED) is 0.472. The molecule has 0 saturated carbocycles. The van der Waals surface area contributed by atoms with Crippen molar-refractivity contribution in [3.8, 4) is 0 Å². The van der Waals surface area contributed by atoms with Crippen LogP contribution in [0.2, 0.25) is 0 Å². The number of hydrogen-bond acceptors (Lipinski definition) is 1. The Labute approximate surface area is 165 Å². The highest BCUT2D eigenvalue weighted by Gasteiger charge is 2.28. The van der Waals surface area contributed by atoms with Gasteiger partial charge in [-0.3, -0.25) is 4.98 Å². The first kappa shape index (κ1) is 17.9. The molecule has 0 radical (unpaired) electrons. The Bertz CT molecular complexity index is 1060. The van der Waals surface area contributed by atoms with Crippen LogP contribution in [0.3, 0.4) is 0 Å². The third-order valence-electron chi connectivity index (χ3n) is 4.74. The fraction of sp³-hybridized carbons (Fsp3) is 0. The molecule has 1 aromatic heterocycles. The number of pyridine rings is 1. The predicted molar refractivity (Wildman–Crippen MR) is 116 cm³/mol. The van der Waals surface area contributed by atoms with E-state index in [9.17, 15) is 4.39 Å². The van der Waals surface area contributed by atoms with Crippen LogP contribution in [0.15, 0.2) is 109 Å². The van der Waals surface area contributed by atoms with E-state index in [1.165, 1.54) is 6.07 Å². The van der Waals surface area contributed by atoms with Gasteiger partial charge in [-0.2, -0.15) is 0 Å². The summed E-state index contributed by atoms with van der Waals surface area (Å²) in [5, 5.41) is 0. The summed E-state index contributed by atoms with van der Waals surface area (Å²) in [7, 11) is 0. The van der Waals surface area contributed by atoms with Crippen LogP contribution in [-0.4, -0.2) is 11.7 Å². The molecule has 0 amide bonds. The molecule has 134 valence electrons. The predicted octanol–water partition coefficient (Wildman–Crippen LogP) is 4.61. The molecule has 0 atom stereocenters. The third-order valence-corrected chi connectivity index (χ3v) is 4.74. The first-order valence-electron chi connectivity index (χ1n) is 9.30. The van der Waals surface area contributed by atoms with Gasteiger partial charge in [0.2, 0.25) is 6.71 Å². The standard InChI is InChI=1S/C25H19BFN/c27-24-16-8-7-15-22(24)26(21-13-5-2-6-14-21)23(25-17-9-10-18-28-25)19-20-11-3-1-4-12-20/h1-19H/b23-19-. The summed E-state index contributed by atoms with van der Waals surface area (Å²) in [6, 6.07) is 32.9. The lowest BCUT2D eigenvalue weighted by Crippen LogP contribution is -2.45. The molecule has 3 heteroatoms. The summed E-state index contributed by atoms with van der Waals surface area (Å²) in [4.78, 5) is 4.59. The van der Waals surface area contributed by atoms with Crippen LogP contribution in [0.1, 0.15) is 11.3 Å². The second-order valence-electron chi connectivity index (χ2n) is 6.59. The van der Waals surface area contributed by atoms with Crippen molar-refractivity contribution in [2.45, 2.75) is 0 Å². The SMILES string of the molecule is Fc1ccccc1B(/C(=C\c1ccccc1)c1ccccn1)c1ccccc1. The van der Waals surface area contributed by atoms with Gasteiger partial charge in [0.25, 0.3) is 0 Å². The largest absolute Gasteiger partial charge is 0.257 e. The van der Waals surface area contributed by atoms with Crippen LogP contribution in [0.5, 0.6) is 0 Å². The topological polar surface area (TPSA) is 12.9 Å². The van der Waals surface area contributed by atoms with Gasteiger partial charge in [0.05, 0.1) is 5.69 Å². The fourth-order valence-corrected chi connectivity index (χ4v) is 3.45. The van der Waals surface area contributed by atoms with Gasteiger partial charge >= 0.3 is 0 Å². The normalized spacial score (nSPS) is 11.2. The minimum Gasteiger partial charge on any atom is -0.257 e. The van der Waals surface area contributed by atoms with Crippen molar-refractivity contribution >= 4 is 29.2 Å². The molecule has 0 unspecified atom stereocenters. The van der Waals surface area contributed by atoms with Gasteiger partial charge in [-0.05, 0) is 34.7 Å². The Morgan fingerprint density at radius 1 is 0.714 bits per heavy atom. The Balaban J connectivity index is 1.97. The average Bonchev–Trinajstić information content (AvgIpc) is 2.77. The summed E-state index contributed by atoms with van der Waals surface area (Å²) < 4.78 is 14.9. The molecule has 0 bridgehead atoms. The second kappa shape index (κ2) is 8.49. The number of hydrogen-bond donors (Lipinski definition) is 0. The zero-order valence-corrected chi connectivity index (χ0v) is 15.4. The van der Waals surface area contributed by atoms with Gasteiger partial charge < -0.3 is 0 Å². The van der Waals surface area contributed by atoms with E-state index >= 15 is 0 Å². The Morgan fingerprint density at radius 3 is 2.04 bits per heavy atom. The molecule has 0 aliphatic heterocycles. The Hall–Kier alpha value is -3.46. The minimum atomic E-state index is -0.266. The Morgan fingerprint density at radius 2 is 1.36 bits per heavy atom. The van der Waals surface area contributed by atoms with Crippen LogP contribution in [0, 0.1) is 5.82 Å². The van der Waals surface area contributed by atoms with Crippen molar-refractivity contribution < 1.29 is 4.39 Å². The number of aromatic nitrogens is 1. The summed E-state index contributed by atoms with van der Waals surface area (Å²) >= 11 is 0. The van der Waals surface area contributed by atoms with Crippen LogP contribution in [0.25, 0.3) is 11.5 Å². The van der Waals surface area contributed by atoms with Crippen molar-refractivity contribution in [3.05, 3.63) is 126 Å². The monoisotopic (exact) mass is 363 g/mol. The third kappa shape index (κ3) is 3.94. The Kier molecular flexibility index (Phi) is 5.44. The summed E-state index contributed by atoms with van der Waals surface area (Å²) in [6.07, 6.45) is 3.88. The highest BCUT2D eigenvalue weighted by molar-refractivity contribution is 7.00. The maximum absolute atomic E-state index is 14.9. The molecule has 28 heavy (non-hydrogen) atoms. The molecular weight excluding hydrogens is 344 g/mol. The zero-order chi connectivity index (χ0) is 19.2. The molecule has 3 aromatic carbocycles. The van der Waals surface area contributed by atoms with Gasteiger partial charge in [-0.25, -0.2) is 4.39 Å². The number of halogens is 1. The minimum absolute atomic E-state index is 0.216. The summed E-state index contributed by atoms with van der Waals surface area (Å²) in [5.74, 6) is -0.216. The average molecular weight is 363 g/mol. The number of rotatable bonds is 5. The lowest BCUT2D eigenvalue weighted by molar-refractivity contribution is 0.635. The van der Waals surface area contributed by atoms with E-state index in [2.05, 4.69) is 11.1 Å². The first-order valence-corrected chi connectivity index (χ1v) is 9.30. The van der Waals surface area contributed by atoms with Gasteiger partial charge in [-0.1, -0.05) is 96.5 Å². The van der Waals surface area contributed by atoms with E-state index in [-0.39, 0.29) is 12.5 Å². The van der Waals surface area contributed by atoms with E-state index in [1.54, 1.807) is 12.3 Å². The molecule has 1 heterocycles. The molecule has 0 N–H and O–H groups in total. The van der Waals surface area contributed by atoms with Crippen molar-refractivity contribution in [1.29, 1.82) is 0 Å². The second-order valence-corrected chi connectivity index (χ2v) is 6.59. The van der Waals surface area contributed by atoms with Crippen LogP contribution < -0.4 is 10.9 Å². The van der Waals surface area contributed by atoms with E-state index in [0.717, 1.165) is 22.2 Å². The van der Waals surface area contributed by atoms with E-state index in [0.29, 0.717) is 5.46 Å². The van der Waals surface area contributed by atoms with E-state index in [4.69, 9.17) is 0 Å². The lowest BCUT2D eigenvalue weighted by atomic mass is 9.35. The van der Waals surface area contributed by atoms with Crippen molar-refractivity contribution in [2.75, 3.05) is 0 Å². The highest BCUT2D eigenvalue weighted by Crippen LogP contribution is 2.20. The molecule has 0 aliphatic carbocycles. The zero-order valence-electron chi connectivity index (χ0n) is 15.4. The number of benzene rings is 3. The lowest BCUT2D eigenvalue weighted by Gasteiger charge is -2.19. The van der Waals surface area contributed by atoms with Crippen molar-refractivity contribution in [1.82, 2.24) is 4.98 Å². The van der Waals surface area contributed by atoms with Crippen LogP contribution >= 0.6 is 0 Å². The smallest absolute Gasteiger partial charge is 0.247 e. The fourth-order valence-electron chi connectivity index (χ4n) is 3.45. The van der Waals surface area contributed by atoms with Crippen LogP contribution in [0.4, 0.5) is 4.39 Å². The first-order chi connectivity index (χ1) is 13.8. The number of nitrogens with zero attached hydrogens (tertiary/aromatic N) is 1. The molecule has 4 rings (SSSR count). The van der Waals surface area contributed by atoms with Crippen molar-refractivity contribution in [2.24, 2.45) is 0 Å². The van der Waals surface area contributed by atoms with Crippen LogP contribution in [-0.2, 0) is 0 Å². The maximum atomic E-state index is 14.9. The van der Waals surface area contributed by atoms with Crippen molar-refractivity contribution in [3.63, 3.8) is 0 Å². The molecule has 0 fully saturated rings. The molecule has 0 aliphatic rings. The molecule has 0 saturated heterocycles. The van der Waals surface area contributed by atoms with E-state index in [1.807, 2.05) is 91.0 Å². The van der Waals surface area contributed by atoms with E-state index < -0.39 is 0 Å².